The molecule has 88 valence electrons. The number of thioether (sulfide) groups is 1. The van der Waals surface area contributed by atoms with Crippen molar-refractivity contribution in [1.29, 1.82) is 0 Å². The number of aromatic nitrogens is 3. The third-order valence-electron chi connectivity index (χ3n) is 2.97. The van der Waals surface area contributed by atoms with Crippen molar-refractivity contribution in [2.45, 2.75) is 43.3 Å². The van der Waals surface area contributed by atoms with Crippen molar-refractivity contribution in [2.75, 3.05) is 6.26 Å². The number of hydrogen-bond acceptors (Lipinski definition) is 4. The van der Waals surface area contributed by atoms with Crippen LogP contribution in [0.15, 0.2) is 14.7 Å². The molecule has 0 bridgehead atoms. The van der Waals surface area contributed by atoms with Gasteiger partial charge < -0.3 is 0 Å². The molecule has 6 heteroatoms. The Morgan fingerprint density at radius 2 is 2.00 bits per heavy atom. The maximum absolute atomic E-state index is 11.8. The van der Waals surface area contributed by atoms with E-state index in [0.29, 0.717) is 5.16 Å². The molecule has 1 aromatic heterocycles. The fourth-order valence-corrected chi connectivity index (χ4v) is 2.52. The Hall–Kier alpha value is -1.04. The second-order valence-electron chi connectivity index (χ2n) is 4.00. The second-order valence-corrected chi connectivity index (χ2v) is 4.79. The first kappa shape index (κ1) is 11.4. The van der Waals surface area contributed by atoms with Crippen LogP contribution < -0.4 is 11.4 Å². The Kier molecular flexibility index (Phi) is 3.48. The normalized spacial score (nSPS) is 17.6. The largest absolute Gasteiger partial charge is 0.354 e. The van der Waals surface area contributed by atoms with E-state index in [1.807, 2.05) is 0 Å². The van der Waals surface area contributed by atoms with Gasteiger partial charge in [0.2, 0.25) is 0 Å². The average Bonchev–Trinajstić information content (AvgIpc) is 2.29. The van der Waals surface area contributed by atoms with Crippen LogP contribution in [0.3, 0.4) is 0 Å². The number of hydrogen-bond donors (Lipinski definition) is 1. The highest BCUT2D eigenvalue weighted by Gasteiger charge is 2.19. The second kappa shape index (κ2) is 4.86. The molecule has 0 saturated heterocycles. The van der Waals surface area contributed by atoms with Gasteiger partial charge in [-0.3, -0.25) is 4.98 Å². The van der Waals surface area contributed by atoms with Crippen LogP contribution in [0.4, 0.5) is 0 Å². The van der Waals surface area contributed by atoms with Crippen LogP contribution in [0.1, 0.15) is 38.1 Å². The van der Waals surface area contributed by atoms with Gasteiger partial charge in [0.15, 0.2) is 5.16 Å². The molecule has 1 aliphatic carbocycles. The topological polar surface area (TPSA) is 67.8 Å². The zero-order valence-corrected chi connectivity index (χ0v) is 10.0. The molecule has 1 aromatic rings. The first-order chi connectivity index (χ1) is 7.72. The summed E-state index contributed by atoms with van der Waals surface area (Å²) in [6.45, 7) is 0. The number of nitrogens with one attached hydrogen (secondary N) is 1. The molecule has 16 heavy (non-hydrogen) atoms. The van der Waals surface area contributed by atoms with Crippen LogP contribution in [0.25, 0.3) is 0 Å². The van der Waals surface area contributed by atoms with E-state index in [-0.39, 0.29) is 11.7 Å². The summed E-state index contributed by atoms with van der Waals surface area (Å²) in [4.78, 5) is 30.0. The van der Waals surface area contributed by atoms with Crippen LogP contribution in [-0.4, -0.2) is 20.8 Å². The van der Waals surface area contributed by atoms with Gasteiger partial charge in [-0.1, -0.05) is 31.0 Å². The van der Waals surface area contributed by atoms with Gasteiger partial charge in [0.1, 0.15) is 0 Å². The molecule has 5 nitrogen and oxygen atoms in total. The lowest BCUT2D eigenvalue weighted by atomic mass is 9.95. The fraction of sp³-hybridized carbons (Fsp3) is 0.700. The Labute approximate surface area is 97.3 Å². The monoisotopic (exact) mass is 241 g/mol. The van der Waals surface area contributed by atoms with Crippen molar-refractivity contribution in [2.24, 2.45) is 0 Å². The van der Waals surface area contributed by atoms with Gasteiger partial charge in [0.25, 0.3) is 0 Å². The van der Waals surface area contributed by atoms with Gasteiger partial charge in [0.05, 0.1) is 0 Å². The molecule has 1 heterocycles. The Balaban J connectivity index is 2.40. The molecule has 2 rings (SSSR count). The molecule has 0 unspecified atom stereocenters. The van der Waals surface area contributed by atoms with E-state index < -0.39 is 5.69 Å². The summed E-state index contributed by atoms with van der Waals surface area (Å²) >= 11 is 1.27. The Morgan fingerprint density at radius 3 is 2.56 bits per heavy atom. The van der Waals surface area contributed by atoms with Crippen molar-refractivity contribution < 1.29 is 0 Å². The molecule has 1 N–H and O–H groups in total. The first-order valence-corrected chi connectivity index (χ1v) is 6.71. The summed E-state index contributed by atoms with van der Waals surface area (Å²) in [5.41, 5.74) is -0.740. The average molecular weight is 241 g/mol. The predicted octanol–water partition coefficient (Wildman–Crippen LogP) is 1.16. The molecular weight excluding hydrogens is 226 g/mol. The van der Waals surface area contributed by atoms with Gasteiger partial charge in [-0.2, -0.15) is 4.98 Å². The van der Waals surface area contributed by atoms with E-state index in [4.69, 9.17) is 0 Å². The number of rotatable bonds is 2. The molecule has 0 radical (unpaired) electrons. The maximum Gasteiger partial charge on any atom is 0.354 e. The standard InChI is InChI=1S/C10H15N3O2S/c1-16-8-11-9(14)13(10(15)12-8)7-5-3-2-4-6-7/h7H,2-6H2,1H3,(H,11,12,14,15). The summed E-state index contributed by atoms with van der Waals surface area (Å²) in [6, 6.07) is 0.0356. The van der Waals surface area contributed by atoms with Crippen molar-refractivity contribution in [3.63, 3.8) is 0 Å². The van der Waals surface area contributed by atoms with Crippen LogP contribution in [-0.2, 0) is 0 Å². The molecule has 1 fully saturated rings. The summed E-state index contributed by atoms with van der Waals surface area (Å²) in [6.07, 6.45) is 6.95. The predicted molar refractivity (Wildman–Crippen MR) is 63.0 cm³/mol. The SMILES string of the molecule is CSc1nc(=O)n(C2CCCCC2)c(=O)[nH]1. The lowest BCUT2D eigenvalue weighted by Gasteiger charge is -2.22. The summed E-state index contributed by atoms with van der Waals surface area (Å²) < 4.78 is 1.28. The molecule has 1 saturated carbocycles. The maximum atomic E-state index is 11.8. The Morgan fingerprint density at radius 1 is 1.31 bits per heavy atom. The van der Waals surface area contributed by atoms with Crippen LogP contribution >= 0.6 is 11.8 Å². The zero-order chi connectivity index (χ0) is 11.5. The molecule has 0 spiro atoms. The summed E-state index contributed by atoms with van der Waals surface area (Å²) in [7, 11) is 0. The summed E-state index contributed by atoms with van der Waals surface area (Å²) in [5, 5.41) is 0.391. The number of H-pyrrole nitrogens is 1. The van der Waals surface area contributed by atoms with Gasteiger partial charge in [0, 0.05) is 6.04 Å². The van der Waals surface area contributed by atoms with E-state index >= 15 is 0 Å². The molecular formula is C10H15N3O2S. The zero-order valence-electron chi connectivity index (χ0n) is 9.23. The smallest absolute Gasteiger partial charge is 0.286 e. The van der Waals surface area contributed by atoms with Gasteiger partial charge in [-0.25, -0.2) is 14.2 Å². The first-order valence-electron chi connectivity index (χ1n) is 5.49. The number of aromatic amines is 1. The van der Waals surface area contributed by atoms with E-state index in [1.54, 1.807) is 6.26 Å². The number of nitrogens with zero attached hydrogens (tertiary/aromatic N) is 2. The summed E-state index contributed by atoms with van der Waals surface area (Å²) in [5.74, 6) is 0. The minimum Gasteiger partial charge on any atom is -0.286 e. The van der Waals surface area contributed by atoms with Crippen molar-refractivity contribution in [3.8, 4) is 0 Å². The minimum atomic E-state index is -0.417. The molecule has 0 aromatic carbocycles. The molecule has 0 atom stereocenters. The minimum absolute atomic E-state index is 0.0356. The van der Waals surface area contributed by atoms with Crippen LogP contribution in [0, 0.1) is 0 Å². The van der Waals surface area contributed by atoms with Crippen molar-refractivity contribution in [1.82, 2.24) is 14.5 Å². The van der Waals surface area contributed by atoms with E-state index in [9.17, 15) is 9.59 Å². The molecule has 0 aliphatic heterocycles. The Bertz CT molecular complexity index is 442. The highest BCUT2D eigenvalue weighted by atomic mass is 32.2. The van der Waals surface area contributed by atoms with Gasteiger partial charge >= 0.3 is 11.4 Å². The fourth-order valence-electron chi connectivity index (χ4n) is 2.17. The third kappa shape index (κ3) is 2.21. The lowest BCUT2D eigenvalue weighted by Crippen LogP contribution is -2.40. The van der Waals surface area contributed by atoms with E-state index in [0.717, 1.165) is 25.7 Å². The van der Waals surface area contributed by atoms with E-state index in [1.165, 1.54) is 22.7 Å². The van der Waals surface area contributed by atoms with Crippen LogP contribution in [0.2, 0.25) is 0 Å². The highest BCUT2D eigenvalue weighted by molar-refractivity contribution is 7.98. The van der Waals surface area contributed by atoms with Crippen molar-refractivity contribution >= 4 is 11.8 Å². The third-order valence-corrected chi connectivity index (χ3v) is 3.55. The molecule has 0 amide bonds. The van der Waals surface area contributed by atoms with E-state index in [2.05, 4.69) is 9.97 Å². The van der Waals surface area contributed by atoms with Crippen LogP contribution in [0.5, 0.6) is 0 Å². The highest BCUT2D eigenvalue weighted by Crippen LogP contribution is 2.25. The molecule has 1 aliphatic rings. The van der Waals surface area contributed by atoms with Crippen molar-refractivity contribution in [3.05, 3.63) is 21.0 Å². The quantitative estimate of drug-likeness (QED) is 0.789. The lowest BCUT2D eigenvalue weighted by molar-refractivity contribution is 0.328. The van der Waals surface area contributed by atoms with Gasteiger partial charge in [-0.05, 0) is 19.1 Å². The van der Waals surface area contributed by atoms with Gasteiger partial charge in [-0.15, -0.1) is 0 Å².